The molecule has 4 nitrogen and oxygen atoms in total. The Morgan fingerprint density at radius 1 is 0.439 bits per heavy atom. The molecular weight excluding hydrogens is 733 g/mol. The summed E-state index contributed by atoms with van der Waals surface area (Å²) in [6.07, 6.45) is -0.310. The molecule has 1 aliphatic rings. The smallest absolute Gasteiger partial charge is 0.159 e. The van der Waals surface area contributed by atoms with Crippen LogP contribution < -0.4 is 5.32 Å². The highest BCUT2D eigenvalue weighted by Gasteiger charge is 2.24. The van der Waals surface area contributed by atoms with E-state index in [0.29, 0.717) is 0 Å². The van der Waals surface area contributed by atoms with Crippen molar-refractivity contribution in [2.75, 3.05) is 0 Å². The van der Waals surface area contributed by atoms with Crippen molar-refractivity contribution >= 4 is 96.5 Å². The molecule has 0 saturated carbocycles. The van der Waals surface area contributed by atoms with Crippen molar-refractivity contribution in [2.45, 2.75) is 6.17 Å². The van der Waals surface area contributed by atoms with E-state index in [0.717, 1.165) is 28.4 Å². The van der Waals surface area contributed by atoms with Gasteiger partial charge in [0.05, 0.1) is 11.0 Å². The topological polar surface area (TPSA) is 41.7 Å². The second kappa shape index (κ2) is 12.8. The minimum atomic E-state index is -0.310. The molecule has 0 fully saturated rings. The van der Waals surface area contributed by atoms with Gasteiger partial charge in [0.2, 0.25) is 0 Å². The van der Waals surface area contributed by atoms with E-state index in [2.05, 4.69) is 168 Å². The van der Waals surface area contributed by atoms with E-state index >= 15 is 0 Å². The van der Waals surface area contributed by atoms with Crippen molar-refractivity contribution in [3.05, 3.63) is 199 Å². The van der Waals surface area contributed by atoms with Gasteiger partial charge < -0.3 is 9.88 Å². The van der Waals surface area contributed by atoms with Gasteiger partial charge >= 0.3 is 0 Å². The molecule has 4 heterocycles. The number of nitrogens with zero attached hydrogens (tertiary/aromatic N) is 3. The molecule has 0 bridgehead atoms. The normalized spacial score (nSPS) is 14.5. The average molecular weight is 765 g/mol. The molecule has 3 aromatic heterocycles. The van der Waals surface area contributed by atoms with Crippen LogP contribution in [0.3, 0.4) is 0 Å². The van der Waals surface area contributed by atoms with E-state index in [1.54, 1.807) is 0 Å². The summed E-state index contributed by atoms with van der Waals surface area (Å²) in [4.78, 5) is 10.3. The predicted octanol–water partition coefficient (Wildman–Crippen LogP) is 13.7. The summed E-state index contributed by atoms with van der Waals surface area (Å²) in [6, 6.07) is 65.6. The summed E-state index contributed by atoms with van der Waals surface area (Å²) in [5.74, 6) is 1.55. The van der Waals surface area contributed by atoms with Crippen LogP contribution in [0.25, 0.3) is 79.0 Å². The van der Waals surface area contributed by atoms with Crippen LogP contribution in [0, 0.1) is 0 Å². The van der Waals surface area contributed by atoms with Gasteiger partial charge in [-0.05, 0) is 71.8 Å². The Morgan fingerprint density at radius 2 is 1.02 bits per heavy atom. The number of para-hydroxylation sites is 2. The highest BCUT2D eigenvalue weighted by molar-refractivity contribution is 7.26. The molecule has 1 unspecified atom stereocenters. The third-order valence-electron chi connectivity index (χ3n) is 11.3. The largest absolute Gasteiger partial charge is 0.344 e. The van der Waals surface area contributed by atoms with E-state index in [1.165, 1.54) is 79.0 Å². The fraction of sp³-hybridized carbons (Fsp3) is 0.0196. The first-order chi connectivity index (χ1) is 28.2. The van der Waals surface area contributed by atoms with E-state index < -0.39 is 0 Å². The van der Waals surface area contributed by atoms with Crippen molar-refractivity contribution in [2.24, 2.45) is 9.98 Å². The zero-order chi connectivity index (χ0) is 37.5. The minimum Gasteiger partial charge on any atom is -0.344 e. The summed E-state index contributed by atoms with van der Waals surface area (Å²) >= 11 is 3.70. The Kier molecular flexibility index (Phi) is 7.30. The van der Waals surface area contributed by atoms with E-state index in [-0.39, 0.29) is 6.17 Å². The van der Waals surface area contributed by atoms with Gasteiger partial charge in [0.1, 0.15) is 12.0 Å². The lowest BCUT2D eigenvalue weighted by molar-refractivity contribution is 0.680. The van der Waals surface area contributed by atoms with Gasteiger partial charge in [-0.25, -0.2) is 9.98 Å². The van der Waals surface area contributed by atoms with Crippen LogP contribution in [0.5, 0.6) is 0 Å². The number of nitrogens with one attached hydrogen (secondary N) is 1. The lowest BCUT2D eigenvalue weighted by Gasteiger charge is -2.24. The molecule has 0 amide bonds. The lowest BCUT2D eigenvalue weighted by atomic mass is 9.98. The van der Waals surface area contributed by atoms with Crippen LogP contribution in [0.1, 0.15) is 22.9 Å². The van der Waals surface area contributed by atoms with Crippen LogP contribution in [0.15, 0.2) is 192 Å². The number of benzene rings is 8. The number of amidine groups is 2. The first kappa shape index (κ1) is 32.4. The summed E-state index contributed by atoms with van der Waals surface area (Å²) in [7, 11) is 0. The summed E-state index contributed by atoms with van der Waals surface area (Å²) in [6.45, 7) is 0. The highest BCUT2D eigenvalue weighted by atomic mass is 32.1. The van der Waals surface area contributed by atoms with Gasteiger partial charge in [-0.2, -0.15) is 0 Å². The molecule has 11 aromatic rings. The van der Waals surface area contributed by atoms with Crippen molar-refractivity contribution in [3.63, 3.8) is 0 Å². The third-order valence-corrected chi connectivity index (χ3v) is 13.6. The molecule has 268 valence electrons. The van der Waals surface area contributed by atoms with Crippen molar-refractivity contribution < 1.29 is 0 Å². The maximum absolute atomic E-state index is 5.25. The molecular formula is C51H32N4S2. The standard InChI is InChI=1S/C51H32N4S2/c1-3-12-31(13-4-1)49-52-50(32-14-5-2-6-15-32)54-51(53-49)38-18-11-21-47-48(38)41-29-34(23-26-46(41)57-47)33-22-25-44-39(28-33)40-30-35(24-27-45(40)56-44)55-42-19-9-7-16-36(42)37-17-8-10-20-43(37)55/h1-30,51H,(H,52,53,54). The highest BCUT2D eigenvalue weighted by Crippen LogP contribution is 2.43. The zero-order valence-electron chi connectivity index (χ0n) is 30.6. The number of aromatic nitrogens is 1. The van der Waals surface area contributed by atoms with Crippen LogP contribution in [-0.2, 0) is 0 Å². The second-order valence-corrected chi connectivity index (χ2v) is 16.8. The Hall–Kier alpha value is -6.86. The fourth-order valence-electron chi connectivity index (χ4n) is 8.61. The lowest BCUT2D eigenvalue weighted by Crippen LogP contribution is -2.33. The van der Waals surface area contributed by atoms with Crippen LogP contribution >= 0.6 is 22.7 Å². The molecule has 57 heavy (non-hydrogen) atoms. The maximum atomic E-state index is 5.25. The molecule has 0 spiro atoms. The van der Waals surface area contributed by atoms with Crippen LogP contribution in [0.2, 0.25) is 0 Å². The van der Waals surface area contributed by atoms with Crippen molar-refractivity contribution in [3.8, 4) is 16.8 Å². The average Bonchev–Trinajstić information content (AvgIpc) is 3.95. The molecule has 1 aliphatic heterocycles. The number of hydrogen-bond acceptors (Lipinski definition) is 5. The first-order valence-corrected chi connectivity index (χ1v) is 20.8. The van der Waals surface area contributed by atoms with Gasteiger partial charge in [-0.1, -0.05) is 121 Å². The predicted molar refractivity (Wildman–Crippen MR) is 244 cm³/mol. The zero-order valence-corrected chi connectivity index (χ0v) is 32.2. The molecule has 0 radical (unpaired) electrons. The van der Waals surface area contributed by atoms with Gasteiger partial charge in [-0.3, -0.25) is 0 Å². The van der Waals surface area contributed by atoms with Crippen molar-refractivity contribution in [1.29, 1.82) is 0 Å². The third kappa shape index (κ3) is 5.26. The monoisotopic (exact) mass is 764 g/mol. The number of rotatable bonds is 5. The number of fused-ring (bicyclic) bond motifs is 9. The van der Waals surface area contributed by atoms with Crippen molar-refractivity contribution in [1.82, 2.24) is 9.88 Å². The molecule has 0 aliphatic carbocycles. The fourth-order valence-corrected chi connectivity index (χ4v) is 10.8. The molecule has 1 N–H and O–H groups in total. The quantitative estimate of drug-likeness (QED) is 0.186. The SMILES string of the molecule is c1ccc(C2=NC(c3cccc4sc5ccc(-c6ccc7sc8ccc(-n9c%10ccccc%10c%10ccccc%109)cc8c7c6)cc5c34)NC(c3ccccc3)=N2)cc1. The summed E-state index contributed by atoms with van der Waals surface area (Å²) in [5.41, 5.74) is 9.22. The Labute approximate surface area is 336 Å². The Balaban J connectivity index is 0.987. The van der Waals surface area contributed by atoms with Gasteiger partial charge in [-0.15, -0.1) is 22.7 Å². The maximum Gasteiger partial charge on any atom is 0.159 e. The first-order valence-electron chi connectivity index (χ1n) is 19.2. The molecule has 12 rings (SSSR count). The molecule has 8 aromatic carbocycles. The number of aliphatic imine (C=N–C) groups is 2. The van der Waals surface area contributed by atoms with Gasteiger partial charge in [0.25, 0.3) is 0 Å². The number of hydrogen-bond donors (Lipinski definition) is 1. The second-order valence-electron chi connectivity index (χ2n) is 14.6. The summed E-state index contributed by atoms with van der Waals surface area (Å²) < 4.78 is 7.51. The molecule has 1 atom stereocenters. The van der Waals surface area contributed by atoms with E-state index in [1.807, 2.05) is 46.9 Å². The van der Waals surface area contributed by atoms with E-state index in [9.17, 15) is 0 Å². The van der Waals surface area contributed by atoms with Gasteiger partial charge in [0.15, 0.2) is 5.84 Å². The van der Waals surface area contributed by atoms with E-state index in [4.69, 9.17) is 9.98 Å². The summed E-state index contributed by atoms with van der Waals surface area (Å²) in [5, 5.41) is 11.3. The molecule has 0 saturated heterocycles. The Bertz CT molecular complexity index is 3390. The Morgan fingerprint density at radius 3 is 1.74 bits per heavy atom. The molecule has 6 heteroatoms. The van der Waals surface area contributed by atoms with Gasteiger partial charge in [0, 0.05) is 73.5 Å². The van der Waals surface area contributed by atoms with Crippen LogP contribution in [0.4, 0.5) is 0 Å². The number of thiophene rings is 2. The minimum absolute atomic E-state index is 0.310. The van der Waals surface area contributed by atoms with Crippen LogP contribution in [-0.4, -0.2) is 16.2 Å².